The Kier molecular flexibility index (Phi) is 9.33. The van der Waals surface area contributed by atoms with E-state index in [4.69, 9.17) is 23.2 Å². The van der Waals surface area contributed by atoms with E-state index in [1.54, 1.807) is 0 Å². The smallest absolute Gasteiger partial charge is 0.357 e. The van der Waals surface area contributed by atoms with E-state index < -0.39 is 60.3 Å². The molecule has 130 valence electrons. The van der Waals surface area contributed by atoms with Gasteiger partial charge >= 0.3 is 17.9 Å². The lowest BCUT2D eigenvalue weighted by Crippen LogP contribution is -2.44. The van der Waals surface area contributed by atoms with Crippen LogP contribution in [0.3, 0.4) is 0 Å². The Hall–Kier alpha value is -0.540. The molecule has 12 heteroatoms. The number of carbonyl (C=O) groups is 2. The summed E-state index contributed by atoms with van der Waals surface area (Å²) >= 11 is 14.1. The summed E-state index contributed by atoms with van der Waals surface area (Å²) in [7, 11) is 0. The van der Waals surface area contributed by atoms with E-state index in [9.17, 15) is 31.5 Å². The highest BCUT2D eigenvalue weighted by atomic mass is 35.5. The molecule has 0 aliphatic rings. The molecule has 0 N–H and O–H groups in total. The fourth-order valence-corrected chi connectivity index (χ4v) is 1.42. The van der Waals surface area contributed by atoms with Gasteiger partial charge in [0.25, 0.3) is 11.3 Å². The van der Waals surface area contributed by atoms with Crippen molar-refractivity contribution in [3.05, 3.63) is 0 Å². The van der Waals surface area contributed by atoms with Gasteiger partial charge in [-0.2, -0.15) is 8.78 Å². The largest absolute Gasteiger partial charge is 0.463 e. The van der Waals surface area contributed by atoms with Gasteiger partial charge in [-0.05, 0) is 12.8 Å². The fraction of sp³-hybridized carbons (Fsp3) is 0.800. The highest BCUT2D eigenvalue weighted by Crippen LogP contribution is 2.33. The molecule has 0 aromatic carbocycles. The first-order valence-electron chi connectivity index (χ1n) is 5.59. The molecule has 4 nitrogen and oxygen atoms in total. The van der Waals surface area contributed by atoms with E-state index in [0.717, 1.165) is 0 Å². The van der Waals surface area contributed by atoms with Crippen LogP contribution in [0.5, 0.6) is 0 Å². The van der Waals surface area contributed by atoms with Crippen molar-refractivity contribution in [3.8, 4) is 0 Å². The number of ether oxygens (including phenoxy) is 2. The second-order valence-electron chi connectivity index (χ2n) is 3.81. The van der Waals surface area contributed by atoms with Crippen molar-refractivity contribution in [1.29, 1.82) is 0 Å². The topological polar surface area (TPSA) is 52.6 Å². The molecule has 4 unspecified atom stereocenters. The van der Waals surface area contributed by atoms with Crippen LogP contribution < -0.4 is 0 Å². The summed E-state index contributed by atoms with van der Waals surface area (Å²) < 4.78 is 72.4. The maximum absolute atomic E-state index is 13.4. The number of esters is 2. The summed E-state index contributed by atoms with van der Waals surface area (Å²) in [5.41, 5.74) is -8.39. The molecule has 0 aromatic rings. The SMILES string of the molecule is O=C(OCCCC(OC(=O)C(F)Cl)C(F)(F)C(F)Cl)C(F)Cl. The standard InChI is InChI=1S/C10H10Cl3F5O4/c11-5(14)7(19)21-3-1-2-4(10(17,18)9(13)16)22-8(20)6(12)15/h4-6,9H,1-3H2. The Labute approximate surface area is 136 Å². The van der Waals surface area contributed by atoms with Crippen LogP contribution >= 0.6 is 34.8 Å². The zero-order valence-electron chi connectivity index (χ0n) is 10.6. The van der Waals surface area contributed by atoms with Crippen molar-refractivity contribution >= 4 is 46.7 Å². The molecule has 0 saturated heterocycles. The maximum Gasteiger partial charge on any atom is 0.357 e. The van der Waals surface area contributed by atoms with Gasteiger partial charge < -0.3 is 9.47 Å². The van der Waals surface area contributed by atoms with Crippen LogP contribution in [-0.4, -0.2) is 47.5 Å². The number of rotatable bonds is 9. The third kappa shape index (κ3) is 7.15. The minimum Gasteiger partial charge on any atom is -0.463 e. The van der Waals surface area contributed by atoms with E-state index >= 15 is 0 Å². The summed E-state index contributed by atoms with van der Waals surface area (Å²) in [4.78, 5) is 21.5. The van der Waals surface area contributed by atoms with Crippen LogP contribution in [0.15, 0.2) is 0 Å². The van der Waals surface area contributed by atoms with E-state index in [1.807, 2.05) is 0 Å². The number of hydrogen-bond donors (Lipinski definition) is 0. The maximum atomic E-state index is 13.4. The Morgan fingerprint density at radius 3 is 1.91 bits per heavy atom. The van der Waals surface area contributed by atoms with Gasteiger partial charge in [-0.3, -0.25) is 0 Å². The first-order chi connectivity index (χ1) is 10.00. The van der Waals surface area contributed by atoms with Crippen molar-refractivity contribution in [1.82, 2.24) is 0 Å². The van der Waals surface area contributed by atoms with Crippen LogP contribution in [0.2, 0.25) is 0 Å². The molecule has 22 heavy (non-hydrogen) atoms. The van der Waals surface area contributed by atoms with Crippen molar-refractivity contribution in [2.45, 2.75) is 41.8 Å². The van der Waals surface area contributed by atoms with E-state index in [0.29, 0.717) is 0 Å². The average Bonchev–Trinajstić information content (AvgIpc) is 2.40. The highest BCUT2D eigenvalue weighted by molar-refractivity contribution is 6.28. The van der Waals surface area contributed by atoms with E-state index in [2.05, 4.69) is 21.1 Å². The normalized spacial score (nSPS) is 17.3. The summed E-state index contributed by atoms with van der Waals surface area (Å²) in [5, 5.41) is 0. The molecule has 0 aliphatic carbocycles. The minimum absolute atomic E-state index is 0.397. The predicted molar refractivity (Wildman–Crippen MR) is 67.3 cm³/mol. The quantitative estimate of drug-likeness (QED) is 0.260. The molecular weight excluding hydrogens is 385 g/mol. The molecule has 0 fully saturated rings. The van der Waals surface area contributed by atoms with Gasteiger partial charge in [-0.15, -0.1) is 0 Å². The first kappa shape index (κ1) is 21.5. The molecule has 0 saturated carbocycles. The molecule has 0 aliphatic heterocycles. The second kappa shape index (κ2) is 9.57. The Balaban J connectivity index is 4.61. The lowest BCUT2D eigenvalue weighted by Gasteiger charge is -2.26. The van der Waals surface area contributed by atoms with E-state index in [-0.39, 0.29) is 0 Å². The minimum atomic E-state index is -4.35. The van der Waals surface area contributed by atoms with Crippen molar-refractivity contribution in [3.63, 3.8) is 0 Å². The molecule has 0 aromatic heterocycles. The van der Waals surface area contributed by atoms with Crippen molar-refractivity contribution in [2.24, 2.45) is 0 Å². The van der Waals surface area contributed by atoms with Crippen LogP contribution in [0.25, 0.3) is 0 Å². The van der Waals surface area contributed by atoms with Gasteiger partial charge in [0.15, 0.2) is 6.10 Å². The monoisotopic (exact) mass is 394 g/mol. The number of alkyl halides is 8. The Bertz CT molecular complexity index is 382. The zero-order valence-corrected chi connectivity index (χ0v) is 12.9. The van der Waals surface area contributed by atoms with Gasteiger partial charge in [-0.25, -0.2) is 22.8 Å². The third-order valence-electron chi connectivity index (χ3n) is 2.19. The Morgan fingerprint density at radius 1 is 1.00 bits per heavy atom. The fourth-order valence-electron chi connectivity index (χ4n) is 1.17. The summed E-state index contributed by atoms with van der Waals surface area (Å²) in [5.74, 6) is -7.65. The summed E-state index contributed by atoms with van der Waals surface area (Å²) in [6.45, 7) is -0.574. The molecule has 0 radical (unpaired) electrons. The van der Waals surface area contributed by atoms with Gasteiger partial charge in [0, 0.05) is 0 Å². The molecule has 0 rings (SSSR count). The third-order valence-corrected chi connectivity index (χ3v) is 2.84. The zero-order chi connectivity index (χ0) is 17.5. The van der Waals surface area contributed by atoms with Gasteiger partial charge in [-0.1, -0.05) is 34.8 Å². The van der Waals surface area contributed by atoms with Crippen molar-refractivity contribution < 1.29 is 41.0 Å². The summed E-state index contributed by atoms with van der Waals surface area (Å²) in [6, 6.07) is 0. The van der Waals surface area contributed by atoms with Crippen LogP contribution in [0, 0.1) is 0 Å². The average molecular weight is 396 g/mol. The highest BCUT2D eigenvalue weighted by Gasteiger charge is 2.49. The van der Waals surface area contributed by atoms with Crippen LogP contribution in [0.1, 0.15) is 12.8 Å². The molecule has 4 atom stereocenters. The molecule has 0 heterocycles. The lowest BCUT2D eigenvalue weighted by atomic mass is 10.1. The number of halogens is 8. The second-order valence-corrected chi connectivity index (χ2v) is 4.96. The Morgan fingerprint density at radius 2 is 1.50 bits per heavy atom. The van der Waals surface area contributed by atoms with Gasteiger partial charge in [0.1, 0.15) is 0 Å². The summed E-state index contributed by atoms with van der Waals surface area (Å²) in [6.07, 6.45) is -3.62. The first-order valence-corrected chi connectivity index (χ1v) is 6.90. The predicted octanol–water partition coefficient (Wildman–Crippen LogP) is 3.46. The molecule has 0 bridgehead atoms. The molecule has 0 spiro atoms. The molecule has 0 amide bonds. The number of hydrogen-bond acceptors (Lipinski definition) is 4. The van der Waals surface area contributed by atoms with Gasteiger partial charge in [0.05, 0.1) is 6.61 Å². The lowest BCUT2D eigenvalue weighted by molar-refractivity contribution is -0.185. The van der Waals surface area contributed by atoms with E-state index in [1.165, 1.54) is 0 Å². The number of carbonyl (C=O) groups excluding carboxylic acids is 2. The van der Waals surface area contributed by atoms with Crippen molar-refractivity contribution in [2.75, 3.05) is 6.61 Å². The molecular formula is C10H10Cl3F5O4. The van der Waals surface area contributed by atoms with Crippen LogP contribution in [0.4, 0.5) is 22.0 Å². The van der Waals surface area contributed by atoms with Gasteiger partial charge in [0.2, 0.25) is 5.63 Å². The van der Waals surface area contributed by atoms with Crippen LogP contribution in [-0.2, 0) is 19.1 Å².